The summed E-state index contributed by atoms with van der Waals surface area (Å²) in [5, 5.41) is 19.5. The number of nitrogens with zero attached hydrogens (tertiary/aromatic N) is 4. The molecule has 2 aromatic carbocycles. The standard InChI is InChI=1S/C20H16F2N4OS/c1-12-19(28-20(23-12)14-4-8-16(22)9-5-14)18(27)11-26-10-17(24-25-26)13-2-6-15(21)7-3-13/h2-10,18,27H,11H2,1H3. The van der Waals surface area contributed by atoms with E-state index >= 15 is 0 Å². The molecule has 0 aliphatic heterocycles. The monoisotopic (exact) mass is 398 g/mol. The van der Waals surface area contributed by atoms with E-state index in [-0.39, 0.29) is 18.2 Å². The molecule has 4 aromatic rings. The Hall–Kier alpha value is -2.97. The molecule has 0 aliphatic rings. The molecule has 0 saturated carbocycles. The van der Waals surface area contributed by atoms with Gasteiger partial charge in [0.05, 0.1) is 23.3 Å². The molecule has 2 heterocycles. The first-order valence-electron chi connectivity index (χ1n) is 8.57. The van der Waals surface area contributed by atoms with Gasteiger partial charge in [-0.1, -0.05) is 5.21 Å². The van der Waals surface area contributed by atoms with Crippen LogP contribution >= 0.6 is 11.3 Å². The Morgan fingerprint density at radius 3 is 2.25 bits per heavy atom. The summed E-state index contributed by atoms with van der Waals surface area (Å²) in [4.78, 5) is 5.21. The lowest BCUT2D eigenvalue weighted by Crippen LogP contribution is -2.09. The molecule has 1 unspecified atom stereocenters. The Morgan fingerprint density at radius 2 is 1.61 bits per heavy atom. The van der Waals surface area contributed by atoms with Crippen LogP contribution in [0.25, 0.3) is 21.8 Å². The second-order valence-electron chi connectivity index (χ2n) is 6.32. The lowest BCUT2D eigenvalue weighted by Gasteiger charge is -2.08. The quantitative estimate of drug-likeness (QED) is 0.542. The maximum absolute atomic E-state index is 13.1. The summed E-state index contributed by atoms with van der Waals surface area (Å²) >= 11 is 1.36. The van der Waals surface area contributed by atoms with Crippen molar-refractivity contribution in [1.82, 2.24) is 20.0 Å². The normalized spacial score (nSPS) is 12.3. The zero-order chi connectivity index (χ0) is 19.7. The number of thiazole rings is 1. The van der Waals surface area contributed by atoms with Gasteiger partial charge in [0.1, 0.15) is 28.4 Å². The minimum atomic E-state index is -0.811. The SMILES string of the molecule is Cc1nc(-c2ccc(F)cc2)sc1C(O)Cn1cc(-c2ccc(F)cc2)nn1. The Morgan fingerprint density at radius 1 is 1.00 bits per heavy atom. The fraction of sp³-hybridized carbons (Fsp3) is 0.150. The fourth-order valence-corrected chi connectivity index (χ4v) is 3.88. The van der Waals surface area contributed by atoms with Gasteiger partial charge in [-0.25, -0.2) is 18.4 Å². The van der Waals surface area contributed by atoms with E-state index in [1.54, 1.807) is 35.1 Å². The molecule has 0 saturated heterocycles. The molecule has 1 N–H and O–H groups in total. The van der Waals surface area contributed by atoms with Crippen LogP contribution < -0.4 is 0 Å². The van der Waals surface area contributed by atoms with Crippen LogP contribution in [0.1, 0.15) is 16.7 Å². The molecular formula is C20H16F2N4OS. The summed E-state index contributed by atoms with van der Waals surface area (Å²) < 4.78 is 27.7. The third kappa shape index (κ3) is 3.83. The zero-order valence-electron chi connectivity index (χ0n) is 14.9. The molecule has 1 atom stereocenters. The van der Waals surface area contributed by atoms with Crippen molar-refractivity contribution in [3.8, 4) is 21.8 Å². The number of benzene rings is 2. The third-order valence-electron chi connectivity index (χ3n) is 4.26. The molecule has 0 aliphatic carbocycles. The van der Waals surface area contributed by atoms with Crippen molar-refractivity contribution in [3.63, 3.8) is 0 Å². The van der Waals surface area contributed by atoms with Gasteiger partial charge in [-0.15, -0.1) is 16.4 Å². The highest BCUT2D eigenvalue weighted by Gasteiger charge is 2.18. The number of hydrogen-bond acceptors (Lipinski definition) is 5. The van der Waals surface area contributed by atoms with E-state index in [4.69, 9.17) is 0 Å². The lowest BCUT2D eigenvalue weighted by atomic mass is 10.2. The minimum Gasteiger partial charge on any atom is -0.386 e. The molecule has 28 heavy (non-hydrogen) atoms. The summed E-state index contributed by atoms with van der Waals surface area (Å²) in [5.74, 6) is -0.621. The fourth-order valence-electron chi connectivity index (χ4n) is 2.83. The van der Waals surface area contributed by atoms with Crippen molar-refractivity contribution in [2.75, 3.05) is 0 Å². The van der Waals surface area contributed by atoms with E-state index in [2.05, 4.69) is 15.3 Å². The molecule has 5 nitrogen and oxygen atoms in total. The van der Waals surface area contributed by atoms with E-state index in [1.165, 1.54) is 35.6 Å². The molecule has 8 heteroatoms. The molecule has 0 bridgehead atoms. The highest BCUT2D eigenvalue weighted by Crippen LogP contribution is 2.32. The summed E-state index contributed by atoms with van der Waals surface area (Å²) in [5.41, 5.74) is 2.86. The van der Waals surface area contributed by atoms with Gasteiger partial charge in [0.2, 0.25) is 0 Å². The predicted octanol–water partition coefficient (Wildman–Crippen LogP) is 4.39. The van der Waals surface area contributed by atoms with Crippen molar-refractivity contribution in [3.05, 3.63) is 76.9 Å². The van der Waals surface area contributed by atoms with E-state index in [9.17, 15) is 13.9 Å². The van der Waals surface area contributed by atoms with E-state index in [1.807, 2.05) is 6.92 Å². The predicted molar refractivity (Wildman–Crippen MR) is 103 cm³/mol. The smallest absolute Gasteiger partial charge is 0.123 e. The topological polar surface area (TPSA) is 63.8 Å². The molecule has 0 radical (unpaired) electrons. The van der Waals surface area contributed by atoms with E-state index in [0.29, 0.717) is 5.69 Å². The van der Waals surface area contributed by atoms with Crippen LogP contribution in [0, 0.1) is 18.6 Å². The van der Waals surface area contributed by atoms with Gasteiger partial charge in [-0.3, -0.25) is 0 Å². The Labute approximate surface area is 163 Å². The van der Waals surface area contributed by atoms with Crippen molar-refractivity contribution in [1.29, 1.82) is 0 Å². The maximum Gasteiger partial charge on any atom is 0.123 e. The second kappa shape index (κ2) is 7.57. The number of aryl methyl sites for hydroxylation is 1. The summed E-state index contributed by atoms with van der Waals surface area (Å²) in [6.07, 6.45) is 0.891. The molecule has 142 valence electrons. The number of aliphatic hydroxyl groups is 1. The first-order valence-corrected chi connectivity index (χ1v) is 9.38. The summed E-state index contributed by atoms with van der Waals surface area (Å²) in [6.45, 7) is 2.04. The van der Waals surface area contributed by atoms with Gasteiger partial charge >= 0.3 is 0 Å². The van der Waals surface area contributed by atoms with Crippen LogP contribution in [-0.4, -0.2) is 25.1 Å². The third-order valence-corrected chi connectivity index (χ3v) is 5.57. The van der Waals surface area contributed by atoms with Gasteiger partial charge in [-0.05, 0) is 55.5 Å². The number of halogens is 2. The highest BCUT2D eigenvalue weighted by molar-refractivity contribution is 7.15. The van der Waals surface area contributed by atoms with Crippen molar-refractivity contribution in [2.24, 2.45) is 0 Å². The van der Waals surface area contributed by atoms with E-state index < -0.39 is 6.10 Å². The van der Waals surface area contributed by atoms with Gasteiger partial charge in [0, 0.05) is 11.1 Å². The number of aromatic nitrogens is 4. The van der Waals surface area contributed by atoms with Crippen LogP contribution in [0.5, 0.6) is 0 Å². The highest BCUT2D eigenvalue weighted by atomic mass is 32.1. The van der Waals surface area contributed by atoms with Crippen molar-refractivity contribution >= 4 is 11.3 Å². The number of rotatable bonds is 5. The molecular weight excluding hydrogens is 382 g/mol. The summed E-state index contributed by atoms with van der Waals surface area (Å²) in [6, 6.07) is 12.1. The van der Waals surface area contributed by atoms with Crippen LogP contribution in [0.2, 0.25) is 0 Å². The first-order chi connectivity index (χ1) is 13.5. The Bertz CT molecular complexity index is 1090. The first kappa shape index (κ1) is 18.4. The van der Waals surface area contributed by atoms with Crippen LogP contribution in [0.15, 0.2) is 54.7 Å². The summed E-state index contributed by atoms with van der Waals surface area (Å²) in [7, 11) is 0. The number of hydrogen-bond donors (Lipinski definition) is 1. The molecule has 0 spiro atoms. The average molecular weight is 398 g/mol. The van der Waals surface area contributed by atoms with Crippen LogP contribution in [0.3, 0.4) is 0 Å². The van der Waals surface area contributed by atoms with Gasteiger partial charge in [0.15, 0.2) is 0 Å². The van der Waals surface area contributed by atoms with Gasteiger partial charge < -0.3 is 5.11 Å². The van der Waals surface area contributed by atoms with Gasteiger partial charge in [-0.2, -0.15) is 0 Å². The zero-order valence-corrected chi connectivity index (χ0v) is 15.7. The van der Waals surface area contributed by atoms with E-state index in [0.717, 1.165) is 26.7 Å². The van der Waals surface area contributed by atoms with Crippen molar-refractivity contribution in [2.45, 2.75) is 19.6 Å². The number of aliphatic hydroxyl groups excluding tert-OH is 1. The van der Waals surface area contributed by atoms with Crippen molar-refractivity contribution < 1.29 is 13.9 Å². The van der Waals surface area contributed by atoms with Crippen LogP contribution in [-0.2, 0) is 6.54 Å². The Kier molecular flexibility index (Phi) is 4.97. The average Bonchev–Trinajstić information content (AvgIpc) is 3.30. The molecule has 4 rings (SSSR count). The largest absolute Gasteiger partial charge is 0.386 e. The Balaban J connectivity index is 1.52. The van der Waals surface area contributed by atoms with Gasteiger partial charge in [0.25, 0.3) is 0 Å². The molecule has 0 amide bonds. The lowest BCUT2D eigenvalue weighted by molar-refractivity contribution is 0.153. The maximum atomic E-state index is 13.1. The van der Waals surface area contributed by atoms with Crippen LogP contribution in [0.4, 0.5) is 8.78 Å². The minimum absolute atomic E-state index is 0.208. The molecule has 0 fully saturated rings. The second-order valence-corrected chi connectivity index (χ2v) is 7.35. The molecule has 2 aromatic heterocycles.